The summed E-state index contributed by atoms with van der Waals surface area (Å²) < 4.78 is 2.22. The zero-order valence-corrected chi connectivity index (χ0v) is 14.2. The Hall–Kier alpha value is -1.91. The molecule has 1 aromatic carbocycles. The summed E-state index contributed by atoms with van der Waals surface area (Å²) in [7, 11) is 0. The van der Waals surface area contributed by atoms with Gasteiger partial charge in [0.25, 0.3) is 0 Å². The fourth-order valence-electron chi connectivity index (χ4n) is 2.26. The van der Waals surface area contributed by atoms with Crippen molar-refractivity contribution in [3.05, 3.63) is 70.2 Å². The second-order valence-corrected chi connectivity index (χ2v) is 6.70. The number of allylic oxidation sites excluding steroid dienone is 1. The summed E-state index contributed by atoms with van der Waals surface area (Å²) in [6.45, 7) is 6.80. The van der Waals surface area contributed by atoms with Crippen LogP contribution in [0.15, 0.2) is 64.8 Å². The molecule has 0 bridgehead atoms. The second-order valence-electron chi connectivity index (χ2n) is 4.91. The first-order valence-electron chi connectivity index (χ1n) is 7.28. The van der Waals surface area contributed by atoms with E-state index in [9.17, 15) is 0 Å². The van der Waals surface area contributed by atoms with Crippen LogP contribution in [0.1, 0.15) is 12.5 Å². The summed E-state index contributed by atoms with van der Waals surface area (Å²) in [6.07, 6.45) is 2.97. The van der Waals surface area contributed by atoms with Crippen LogP contribution < -0.4 is 4.80 Å². The molecule has 0 unspecified atom stereocenters. The molecular weight excluding hydrogens is 308 g/mol. The number of rotatable bonds is 5. The fourth-order valence-corrected chi connectivity index (χ4v) is 4.02. The molecule has 3 aromatic rings. The van der Waals surface area contributed by atoms with E-state index in [1.54, 1.807) is 22.7 Å². The van der Waals surface area contributed by atoms with E-state index in [4.69, 9.17) is 4.99 Å². The van der Waals surface area contributed by atoms with Gasteiger partial charge in [0, 0.05) is 11.9 Å². The number of aromatic nitrogens is 1. The lowest BCUT2D eigenvalue weighted by Gasteiger charge is -2.04. The zero-order chi connectivity index (χ0) is 15.4. The van der Waals surface area contributed by atoms with Crippen LogP contribution in [0.4, 0.5) is 5.69 Å². The molecule has 0 aliphatic heterocycles. The van der Waals surface area contributed by atoms with Gasteiger partial charge in [-0.25, -0.2) is 4.99 Å². The number of thiophene rings is 1. The Labute approximate surface area is 138 Å². The van der Waals surface area contributed by atoms with Crippen molar-refractivity contribution in [3.63, 3.8) is 0 Å². The number of hydrogen-bond donors (Lipinski definition) is 0. The minimum atomic E-state index is 0.766. The number of aryl methyl sites for hydroxylation is 1. The quantitative estimate of drug-likeness (QED) is 0.569. The topological polar surface area (TPSA) is 17.3 Å². The Balaban J connectivity index is 2.05. The van der Waals surface area contributed by atoms with Crippen molar-refractivity contribution in [2.45, 2.75) is 19.9 Å². The Morgan fingerprint density at radius 1 is 1.18 bits per heavy atom. The van der Waals surface area contributed by atoms with Gasteiger partial charge in [0.2, 0.25) is 0 Å². The Bertz CT molecular complexity index is 806. The Kier molecular flexibility index (Phi) is 4.71. The van der Waals surface area contributed by atoms with Gasteiger partial charge in [-0.05, 0) is 35.6 Å². The van der Waals surface area contributed by atoms with Gasteiger partial charge in [0.05, 0.1) is 16.3 Å². The fraction of sp³-hybridized carbons (Fsp3) is 0.167. The molecule has 112 valence electrons. The number of benzene rings is 1. The molecule has 3 rings (SSSR count). The smallest absolute Gasteiger partial charge is 0.190 e. The highest BCUT2D eigenvalue weighted by Crippen LogP contribution is 2.25. The highest BCUT2D eigenvalue weighted by Gasteiger charge is 2.07. The Morgan fingerprint density at radius 3 is 2.64 bits per heavy atom. The van der Waals surface area contributed by atoms with Crippen molar-refractivity contribution >= 4 is 28.4 Å². The van der Waals surface area contributed by atoms with Gasteiger partial charge in [-0.2, -0.15) is 0 Å². The highest BCUT2D eigenvalue weighted by molar-refractivity contribution is 7.14. The van der Waals surface area contributed by atoms with Gasteiger partial charge in [0.1, 0.15) is 0 Å². The van der Waals surface area contributed by atoms with E-state index < -0.39 is 0 Å². The predicted octanol–water partition coefficient (Wildman–Crippen LogP) is 5.26. The van der Waals surface area contributed by atoms with E-state index >= 15 is 0 Å². The average Bonchev–Trinajstić information content (AvgIpc) is 3.19. The van der Waals surface area contributed by atoms with Crippen LogP contribution in [0.2, 0.25) is 0 Å². The molecule has 0 spiro atoms. The third kappa shape index (κ3) is 3.13. The Morgan fingerprint density at radius 2 is 2.00 bits per heavy atom. The van der Waals surface area contributed by atoms with Crippen LogP contribution >= 0.6 is 22.7 Å². The lowest BCUT2D eigenvalue weighted by Crippen LogP contribution is -2.14. The van der Waals surface area contributed by atoms with E-state index in [0.29, 0.717) is 0 Å². The highest BCUT2D eigenvalue weighted by atomic mass is 32.1. The molecule has 0 radical (unpaired) electrons. The van der Waals surface area contributed by atoms with E-state index in [1.165, 1.54) is 16.1 Å². The van der Waals surface area contributed by atoms with Crippen LogP contribution in [0.5, 0.6) is 0 Å². The lowest BCUT2D eigenvalue weighted by atomic mass is 10.2. The van der Waals surface area contributed by atoms with Gasteiger partial charge in [-0.3, -0.25) is 0 Å². The number of nitrogens with zero attached hydrogens (tertiary/aromatic N) is 2. The van der Waals surface area contributed by atoms with Gasteiger partial charge >= 0.3 is 0 Å². The second kappa shape index (κ2) is 6.90. The summed E-state index contributed by atoms with van der Waals surface area (Å²) in [5.41, 5.74) is 3.54. The van der Waals surface area contributed by atoms with E-state index in [2.05, 4.69) is 65.2 Å². The van der Waals surface area contributed by atoms with Crippen molar-refractivity contribution < 1.29 is 0 Å². The molecule has 0 aliphatic carbocycles. The zero-order valence-electron chi connectivity index (χ0n) is 12.5. The molecule has 0 amide bonds. The first-order chi connectivity index (χ1) is 10.8. The van der Waals surface area contributed by atoms with Crippen LogP contribution in [-0.4, -0.2) is 4.57 Å². The maximum absolute atomic E-state index is 4.80. The van der Waals surface area contributed by atoms with Crippen molar-refractivity contribution in [1.29, 1.82) is 0 Å². The molecule has 0 fully saturated rings. The molecule has 0 N–H and O–H groups in total. The first-order valence-corrected chi connectivity index (χ1v) is 9.04. The summed E-state index contributed by atoms with van der Waals surface area (Å²) in [4.78, 5) is 7.08. The molecular formula is C18H18N2S2. The van der Waals surface area contributed by atoms with Crippen molar-refractivity contribution in [3.8, 4) is 10.6 Å². The summed E-state index contributed by atoms with van der Waals surface area (Å²) in [5, 5.41) is 4.28. The van der Waals surface area contributed by atoms with Crippen molar-refractivity contribution in [1.82, 2.24) is 4.57 Å². The molecule has 0 atom stereocenters. The van der Waals surface area contributed by atoms with Gasteiger partial charge in [-0.15, -0.1) is 29.3 Å². The molecule has 0 saturated heterocycles. The van der Waals surface area contributed by atoms with Crippen LogP contribution in [-0.2, 0) is 13.0 Å². The molecule has 2 nitrogen and oxygen atoms in total. The van der Waals surface area contributed by atoms with E-state index in [1.807, 2.05) is 6.08 Å². The van der Waals surface area contributed by atoms with Crippen molar-refractivity contribution in [2.75, 3.05) is 0 Å². The third-order valence-electron chi connectivity index (χ3n) is 3.45. The normalized spacial score (nSPS) is 11.8. The summed E-state index contributed by atoms with van der Waals surface area (Å²) in [6, 6.07) is 12.7. The number of hydrogen-bond acceptors (Lipinski definition) is 3. The predicted molar refractivity (Wildman–Crippen MR) is 96.9 cm³/mol. The monoisotopic (exact) mass is 326 g/mol. The maximum atomic E-state index is 4.80. The molecule has 0 saturated carbocycles. The first kappa shape index (κ1) is 15.0. The molecule has 2 heterocycles. The van der Waals surface area contributed by atoms with E-state index in [0.717, 1.165) is 23.5 Å². The molecule has 2 aromatic heterocycles. The van der Waals surface area contributed by atoms with Crippen LogP contribution in [0.3, 0.4) is 0 Å². The minimum Gasteiger partial charge on any atom is -0.312 e. The van der Waals surface area contributed by atoms with Gasteiger partial charge in [0.15, 0.2) is 4.80 Å². The summed E-state index contributed by atoms with van der Waals surface area (Å²) in [5.74, 6) is 0. The van der Waals surface area contributed by atoms with Crippen LogP contribution in [0, 0.1) is 0 Å². The van der Waals surface area contributed by atoms with Gasteiger partial charge < -0.3 is 4.57 Å². The van der Waals surface area contributed by atoms with Gasteiger partial charge in [-0.1, -0.05) is 31.2 Å². The third-order valence-corrected chi connectivity index (χ3v) is 5.21. The minimum absolute atomic E-state index is 0.766. The average molecular weight is 326 g/mol. The lowest BCUT2D eigenvalue weighted by molar-refractivity contribution is 0.802. The SMILES string of the molecule is C=CCn1c(-c2cccs2)csc1=Nc1ccc(CC)cc1. The summed E-state index contributed by atoms with van der Waals surface area (Å²) >= 11 is 3.42. The number of thiazole rings is 1. The standard InChI is InChI=1S/C18H18N2S2/c1-3-11-20-16(17-6-5-12-21-17)13-22-18(20)19-15-9-7-14(4-2)8-10-15/h3,5-10,12-13H,1,4,11H2,2H3. The molecule has 22 heavy (non-hydrogen) atoms. The molecule has 4 heteroatoms. The van der Waals surface area contributed by atoms with E-state index in [-0.39, 0.29) is 0 Å². The maximum Gasteiger partial charge on any atom is 0.190 e. The van der Waals surface area contributed by atoms with Crippen molar-refractivity contribution in [2.24, 2.45) is 4.99 Å². The molecule has 0 aliphatic rings. The van der Waals surface area contributed by atoms with Crippen LogP contribution in [0.25, 0.3) is 10.6 Å². The largest absolute Gasteiger partial charge is 0.312 e.